The highest BCUT2D eigenvalue weighted by atomic mass is 16.5. The van der Waals surface area contributed by atoms with Gasteiger partial charge in [-0.3, -0.25) is 9.59 Å². The largest absolute Gasteiger partial charge is 0.466 e. The van der Waals surface area contributed by atoms with Gasteiger partial charge in [0.1, 0.15) is 0 Å². The van der Waals surface area contributed by atoms with Crippen LogP contribution < -0.4 is 5.32 Å². The SMILES string of the molecule is CCOC(=O)CCC(=O)NC1CC=CC1. The zero-order chi connectivity index (χ0) is 11.1. The molecule has 4 heteroatoms. The summed E-state index contributed by atoms with van der Waals surface area (Å²) in [5, 5.41) is 2.87. The van der Waals surface area contributed by atoms with Crippen LogP contribution in [0.15, 0.2) is 12.2 Å². The van der Waals surface area contributed by atoms with Gasteiger partial charge in [-0.2, -0.15) is 0 Å². The lowest BCUT2D eigenvalue weighted by atomic mass is 10.2. The van der Waals surface area contributed by atoms with E-state index < -0.39 is 0 Å². The van der Waals surface area contributed by atoms with Crippen LogP contribution in [0.1, 0.15) is 32.6 Å². The second kappa shape index (κ2) is 6.22. The van der Waals surface area contributed by atoms with E-state index in [2.05, 4.69) is 17.5 Å². The third-order valence-corrected chi connectivity index (χ3v) is 2.23. The Morgan fingerprint density at radius 3 is 2.60 bits per heavy atom. The van der Waals surface area contributed by atoms with E-state index in [4.69, 9.17) is 4.74 Å². The number of esters is 1. The number of carbonyl (C=O) groups is 2. The van der Waals surface area contributed by atoms with Crippen molar-refractivity contribution in [3.8, 4) is 0 Å². The van der Waals surface area contributed by atoms with Crippen molar-refractivity contribution < 1.29 is 14.3 Å². The molecule has 0 aromatic carbocycles. The fourth-order valence-electron chi connectivity index (χ4n) is 1.48. The summed E-state index contributed by atoms with van der Waals surface area (Å²) >= 11 is 0. The van der Waals surface area contributed by atoms with Crippen molar-refractivity contribution in [3.05, 3.63) is 12.2 Å². The zero-order valence-corrected chi connectivity index (χ0v) is 8.99. The highest BCUT2D eigenvalue weighted by Crippen LogP contribution is 2.09. The van der Waals surface area contributed by atoms with Gasteiger partial charge in [0, 0.05) is 12.5 Å². The number of carbonyl (C=O) groups excluding carboxylic acids is 2. The molecule has 0 fully saturated rings. The maximum absolute atomic E-state index is 11.4. The van der Waals surface area contributed by atoms with Crippen molar-refractivity contribution in [1.29, 1.82) is 0 Å². The minimum atomic E-state index is -0.308. The standard InChI is InChI=1S/C11H17NO3/c1-2-15-11(14)8-7-10(13)12-9-5-3-4-6-9/h3-4,9H,2,5-8H2,1H3,(H,12,13). The van der Waals surface area contributed by atoms with E-state index in [0.717, 1.165) is 12.8 Å². The summed E-state index contributed by atoms with van der Waals surface area (Å²) in [5.41, 5.74) is 0. The Morgan fingerprint density at radius 1 is 1.33 bits per heavy atom. The fourth-order valence-corrected chi connectivity index (χ4v) is 1.48. The molecule has 0 atom stereocenters. The number of amides is 1. The molecule has 0 saturated heterocycles. The second-order valence-corrected chi connectivity index (χ2v) is 3.51. The first-order valence-electron chi connectivity index (χ1n) is 5.32. The van der Waals surface area contributed by atoms with Gasteiger partial charge in [-0.15, -0.1) is 0 Å². The van der Waals surface area contributed by atoms with Gasteiger partial charge < -0.3 is 10.1 Å². The van der Waals surface area contributed by atoms with Crippen LogP contribution in [0.4, 0.5) is 0 Å². The van der Waals surface area contributed by atoms with Crippen molar-refractivity contribution >= 4 is 11.9 Å². The molecule has 84 valence electrons. The Hall–Kier alpha value is -1.32. The molecule has 1 amide bonds. The molecular weight excluding hydrogens is 194 g/mol. The molecule has 0 aliphatic heterocycles. The van der Waals surface area contributed by atoms with E-state index in [-0.39, 0.29) is 30.8 Å². The minimum absolute atomic E-state index is 0.0725. The van der Waals surface area contributed by atoms with Crippen LogP contribution in [0.2, 0.25) is 0 Å². The van der Waals surface area contributed by atoms with Crippen LogP contribution in [0.25, 0.3) is 0 Å². The molecular formula is C11H17NO3. The first-order valence-corrected chi connectivity index (χ1v) is 5.32. The van der Waals surface area contributed by atoms with Crippen LogP contribution in [-0.2, 0) is 14.3 Å². The third-order valence-electron chi connectivity index (χ3n) is 2.23. The van der Waals surface area contributed by atoms with Crippen LogP contribution in [0, 0.1) is 0 Å². The van der Waals surface area contributed by atoms with Gasteiger partial charge in [0.15, 0.2) is 0 Å². The highest BCUT2D eigenvalue weighted by molar-refractivity contribution is 5.81. The first-order chi connectivity index (χ1) is 7.22. The molecule has 0 aromatic rings. The summed E-state index contributed by atoms with van der Waals surface area (Å²) in [7, 11) is 0. The van der Waals surface area contributed by atoms with E-state index in [1.807, 2.05) is 0 Å². The lowest BCUT2D eigenvalue weighted by molar-refractivity contribution is -0.144. The molecule has 0 aromatic heterocycles. The lowest BCUT2D eigenvalue weighted by Gasteiger charge is -2.11. The van der Waals surface area contributed by atoms with Gasteiger partial charge >= 0.3 is 5.97 Å². The predicted molar refractivity (Wildman–Crippen MR) is 56.2 cm³/mol. The molecule has 4 nitrogen and oxygen atoms in total. The molecule has 0 radical (unpaired) electrons. The molecule has 0 spiro atoms. The Balaban J connectivity index is 2.10. The van der Waals surface area contributed by atoms with Crippen molar-refractivity contribution in [1.82, 2.24) is 5.32 Å². The maximum Gasteiger partial charge on any atom is 0.306 e. The molecule has 0 bridgehead atoms. The Labute approximate surface area is 89.7 Å². The molecule has 15 heavy (non-hydrogen) atoms. The van der Waals surface area contributed by atoms with Crippen molar-refractivity contribution in [3.63, 3.8) is 0 Å². The highest BCUT2D eigenvalue weighted by Gasteiger charge is 2.14. The molecule has 1 N–H and O–H groups in total. The average Bonchev–Trinajstić information content (AvgIpc) is 2.68. The Morgan fingerprint density at radius 2 is 2.00 bits per heavy atom. The summed E-state index contributed by atoms with van der Waals surface area (Å²) in [6.45, 7) is 2.12. The Bertz CT molecular complexity index is 253. The van der Waals surface area contributed by atoms with Gasteiger partial charge in [0.05, 0.1) is 13.0 Å². The third kappa shape index (κ3) is 4.63. The maximum atomic E-state index is 11.4. The van der Waals surface area contributed by atoms with E-state index in [9.17, 15) is 9.59 Å². The molecule has 1 rings (SSSR count). The zero-order valence-electron chi connectivity index (χ0n) is 8.99. The van der Waals surface area contributed by atoms with Crippen molar-refractivity contribution in [2.75, 3.05) is 6.61 Å². The smallest absolute Gasteiger partial charge is 0.306 e. The van der Waals surface area contributed by atoms with Crippen LogP contribution >= 0.6 is 0 Å². The topological polar surface area (TPSA) is 55.4 Å². The fraction of sp³-hybridized carbons (Fsp3) is 0.636. The number of nitrogens with one attached hydrogen (secondary N) is 1. The van der Waals surface area contributed by atoms with Gasteiger partial charge in [-0.1, -0.05) is 12.2 Å². The molecule has 0 saturated carbocycles. The van der Waals surface area contributed by atoms with Gasteiger partial charge in [-0.25, -0.2) is 0 Å². The molecule has 1 aliphatic rings. The monoisotopic (exact) mass is 211 g/mol. The summed E-state index contributed by atoms with van der Waals surface area (Å²) in [5.74, 6) is -0.381. The number of ether oxygens (including phenoxy) is 1. The summed E-state index contributed by atoms with van der Waals surface area (Å²) < 4.78 is 4.73. The number of rotatable bonds is 5. The molecule has 0 heterocycles. The van der Waals surface area contributed by atoms with Crippen LogP contribution in [0.5, 0.6) is 0 Å². The summed E-state index contributed by atoms with van der Waals surface area (Å²) in [6.07, 6.45) is 6.28. The van der Waals surface area contributed by atoms with Crippen LogP contribution in [-0.4, -0.2) is 24.5 Å². The predicted octanol–water partition coefficient (Wildman–Crippen LogP) is 1.16. The van der Waals surface area contributed by atoms with Crippen molar-refractivity contribution in [2.45, 2.75) is 38.6 Å². The summed E-state index contributed by atoms with van der Waals surface area (Å²) in [4.78, 5) is 22.3. The molecule has 0 unspecified atom stereocenters. The summed E-state index contributed by atoms with van der Waals surface area (Å²) in [6, 6.07) is 0.222. The number of hydrogen-bond donors (Lipinski definition) is 1. The van der Waals surface area contributed by atoms with Gasteiger partial charge in [0.25, 0.3) is 0 Å². The van der Waals surface area contributed by atoms with E-state index >= 15 is 0 Å². The second-order valence-electron chi connectivity index (χ2n) is 3.51. The van der Waals surface area contributed by atoms with Crippen LogP contribution in [0.3, 0.4) is 0 Å². The van der Waals surface area contributed by atoms with Gasteiger partial charge in [0.2, 0.25) is 5.91 Å². The lowest BCUT2D eigenvalue weighted by Crippen LogP contribution is -2.33. The number of hydrogen-bond acceptors (Lipinski definition) is 3. The van der Waals surface area contributed by atoms with E-state index in [0.29, 0.717) is 6.61 Å². The Kier molecular flexibility index (Phi) is 4.87. The first kappa shape index (κ1) is 11.8. The molecule has 1 aliphatic carbocycles. The van der Waals surface area contributed by atoms with E-state index in [1.54, 1.807) is 6.92 Å². The van der Waals surface area contributed by atoms with Gasteiger partial charge in [-0.05, 0) is 19.8 Å². The quantitative estimate of drug-likeness (QED) is 0.548. The van der Waals surface area contributed by atoms with E-state index in [1.165, 1.54) is 0 Å². The van der Waals surface area contributed by atoms with Crippen molar-refractivity contribution in [2.24, 2.45) is 0 Å². The minimum Gasteiger partial charge on any atom is -0.466 e. The normalized spacial score (nSPS) is 15.3. The average molecular weight is 211 g/mol.